The maximum absolute atomic E-state index is 12.1. The lowest BCUT2D eigenvalue weighted by Gasteiger charge is -2.13. The molecule has 0 unspecified atom stereocenters. The van der Waals surface area contributed by atoms with E-state index >= 15 is 0 Å². The molecule has 4 heterocycles. The molecule has 2 saturated heterocycles. The molecular formula is C19H25N5O3. The largest absolute Gasteiger partial charge is 0.368 e. The van der Waals surface area contributed by atoms with Crippen molar-refractivity contribution in [3.63, 3.8) is 0 Å². The standard InChI is InChI=1S/C19H25N5O3/c1-13(25)23-9-6-14(12-23)17-15-4-2-7-20-18(15)24(22-17)10-8-21-19(26)16-5-3-11-27-16/h2,4,7,14,16H,3,5-6,8-12H2,1H3,(H,21,26)/t14-,16-/m0/s1. The van der Waals surface area contributed by atoms with Crippen LogP contribution in [0.1, 0.15) is 37.8 Å². The van der Waals surface area contributed by atoms with Gasteiger partial charge in [0.2, 0.25) is 11.8 Å². The molecular weight excluding hydrogens is 346 g/mol. The number of hydrogen-bond donors (Lipinski definition) is 1. The average Bonchev–Trinajstić information content (AvgIpc) is 3.41. The number of aromatic nitrogens is 3. The summed E-state index contributed by atoms with van der Waals surface area (Å²) in [4.78, 5) is 30.1. The Hall–Kier alpha value is -2.48. The summed E-state index contributed by atoms with van der Waals surface area (Å²) in [6.07, 6.45) is 4.08. The molecule has 0 spiro atoms. The van der Waals surface area contributed by atoms with E-state index in [4.69, 9.17) is 9.84 Å². The summed E-state index contributed by atoms with van der Waals surface area (Å²) in [6, 6.07) is 3.94. The van der Waals surface area contributed by atoms with Crippen LogP contribution in [0.2, 0.25) is 0 Å². The van der Waals surface area contributed by atoms with Gasteiger partial charge in [0.25, 0.3) is 0 Å². The highest BCUT2D eigenvalue weighted by atomic mass is 16.5. The Bertz CT molecular complexity index is 843. The van der Waals surface area contributed by atoms with Crippen LogP contribution in [0, 0.1) is 0 Å². The first-order chi connectivity index (χ1) is 13.1. The van der Waals surface area contributed by atoms with Crippen molar-refractivity contribution < 1.29 is 14.3 Å². The first-order valence-corrected chi connectivity index (χ1v) is 9.59. The van der Waals surface area contributed by atoms with Crippen LogP contribution < -0.4 is 5.32 Å². The predicted molar refractivity (Wildman–Crippen MR) is 99.1 cm³/mol. The first kappa shape index (κ1) is 17.9. The highest BCUT2D eigenvalue weighted by Gasteiger charge is 2.29. The van der Waals surface area contributed by atoms with Crippen molar-refractivity contribution in [1.29, 1.82) is 0 Å². The molecule has 0 aliphatic carbocycles. The molecule has 144 valence electrons. The Morgan fingerprint density at radius 1 is 1.37 bits per heavy atom. The quantitative estimate of drug-likeness (QED) is 0.849. The third-order valence-electron chi connectivity index (χ3n) is 5.40. The Labute approximate surface area is 157 Å². The fourth-order valence-electron chi connectivity index (χ4n) is 3.94. The van der Waals surface area contributed by atoms with Gasteiger partial charge >= 0.3 is 0 Å². The van der Waals surface area contributed by atoms with Gasteiger partial charge in [0.1, 0.15) is 6.10 Å². The molecule has 0 saturated carbocycles. The van der Waals surface area contributed by atoms with Gasteiger partial charge in [0, 0.05) is 50.7 Å². The Morgan fingerprint density at radius 2 is 2.26 bits per heavy atom. The van der Waals surface area contributed by atoms with Crippen LogP contribution in [0.5, 0.6) is 0 Å². The molecule has 8 heteroatoms. The van der Waals surface area contributed by atoms with Gasteiger partial charge in [-0.05, 0) is 31.4 Å². The minimum atomic E-state index is -0.316. The van der Waals surface area contributed by atoms with Gasteiger partial charge < -0.3 is 15.0 Å². The molecule has 27 heavy (non-hydrogen) atoms. The van der Waals surface area contributed by atoms with Crippen LogP contribution in [0.4, 0.5) is 0 Å². The van der Waals surface area contributed by atoms with Crippen LogP contribution in [0.3, 0.4) is 0 Å². The summed E-state index contributed by atoms with van der Waals surface area (Å²) in [7, 11) is 0. The molecule has 0 bridgehead atoms. The SMILES string of the molecule is CC(=O)N1CC[C@H](c2nn(CCNC(=O)[C@@H]3CCCO3)c3ncccc23)C1. The van der Waals surface area contributed by atoms with Gasteiger partial charge in [0.05, 0.1) is 12.2 Å². The smallest absolute Gasteiger partial charge is 0.249 e. The van der Waals surface area contributed by atoms with E-state index in [1.165, 1.54) is 0 Å². The molecule has 4 rings (SSSR count). The summed E-state index contributed by atoms with van der Waals surface area (Å²) in [5.74, 6) is 0.282. The number of nitrogens with zero attached hydrogens (tertiary/aromatic N) is 4. The van der Waals surface area contributed by atoms with Crippen molar-refractivity contribution >= 4 is 22.8 Å². The second-order valence-corrected chi connectivity index (χ2v) is 7.23. The zero-order valence-electron chi connectivity index (χ0n) is 15.6. The fourth-order valence-corrected chi connectivity index (χ4v) is 3.94. The third kappa shape index (κ3) is 3.66. The van der Waals surface area contributed by atoms with Gasteiger partial charge in [-0.15, -0.1) is 0 Å². The number of nitrogens with one attached hydrogen (secondary N) is 1. The zero-order chi connectivity index (χ0) is 18.8. The van der Waals surface area contributed by atoms with Crippen LogP contribution >= 0.6 is 0 Å². The van der Waals surface area contributed by atoms with Gasteiger partial charge in [-0.1, -0.05) is 0 Å². The number of amides is 2. The average molecular weight is 371 g/mol. The van der Waals surface area contributed by atoms with E-state index in [2.05, 4.69) is 10.3 Å². The lowest BCUT2D eigenvalue weighted by Crippen LogP contribution is -2.36. The minimum Gasteiger partial charge on any atom is -0.368 e. The molecule has 2 fully saturated rings. The van der Waals surface area contributed by atoms with Crippen molar-refractivity contribution in [3.8, 4) is 0 Å². The van der Waals surface area contributed by atoms with Crippen molar-refractivity contribution in [1.82, 2.24) is 25.0 Å². The molecule has 2 aromatic rings. The Morgan fingerprint density at radius 3 is 3.00 bits per heavy atom. The number of hydrogen-bond acceptors (Lipinski definition) is 5. The maximum atomic E-state index is 12.1. The summed E-state index contributed by atoms with van der Waals surface area (Å²) in [6.45, 7) is 4.77. The van der Waals surface area contributed by atoms with Crippen LogP contribution in [-0.2, 0) is 20.9 Å². The second-order valence-electron chi connectivity index (χ2n) is 7.23. The van der Waals surface area contributed by atoms with Crippen molar-refractivity contribution in [2.45, 2.75) is 44.8 Å². The Balaban J connectivity index is 1.47. The lowest BCUT2D eigenvalue weighted by atomic mass is 10.0. The zero-order valence-corrected chi connectivity index (χ0v) is 15.6. The summed E-state index contributed by atoms with van der Waals surface area (Å²) in [5, 5.41) is 8.75. The van der Waals surface area contributed by atoms with E-state index in [1.807, 2.05) is 21.7 Å². The molecule has 2 aromatic heterocycles. The molecule has 2 amide bonds. The van der Waals surface area contributed by atoms with Gasteiger partial charge in [-0.3, -0.25) is 9.59 Å². The molecule has 0 aromatic carbocycles. The molecule has 8 nitrogen and oxygen atoms in total. The van der Waals surface area contributed by atoms with Crippen molar-refractivity contribution in [2.75, 3.05) is 26.2 Å². The highest BCUT2D eigenvalue weighted by molar-refractivity contribution is 5.81. The lowest BCUT2D eigenvalue weighted by molar-refractivity contribution is -0.130. The summed E-state index contributed by atoms with van der Waals surface area (Å²) in [5.41, 5.74) is 1.81. The number of carbonyl (C=O) groups is 2. The number of pyridine rings is 1. The molecule has 2 aliphatic rings. The summed E-state index contributed by atoms with van der Waals surface area (Å²) >= 11 is 0. The monoisotopic (exact) mass is 371 g/mol. The molecule has 2 aliphatic heterocycles. The third-order valence-corrected chi connectivity index (χ3v) is 5.40. The number of fused-ring (bicyclic) bond motifs is 1. The van der Waals surface area contributed by atoms with Gasteiger partial charge in [0.15, 0.2) is 5.65 Å². The maximum Gasteiger partial charge on any atom is 0.249 e. The van der Waals surface area contributed by atoms with Crippen LogP contribution in [0.25, 0.3) is 11.0 Å². The molecule has 1 N–H and O–H groups in total. The number of likely N-dealkylation sites (tertiary alicyclic amines) is 1. The minimum absolute atomic E-state index is 0.0509. The number of ether oxygens (including phenoxy) is 1. The van der Waals surface area contributed by atoms with E-state index < -0.39 is 0 Å². The van der Waals surface area contributed by atoms with Crippen molar-refractivity contribution in [3.05, 3.63) is 24.0 Å². The van der Waals surface area contributed by atoms with E-state index in [1.54, 1.807) is 13.1 Å². The van der Waals surface area contributed by atoms with E-state index in [-0.39, 0.29) is 23.8 Å². The predicted octanol–water partition coefficient (Wildman–Crippen LogP) is 1.06. The van der Waals surface area contributed by atoms with Crippen LogP contribution in [0.15, 0.2) is 18.3 Å². The number of rotatable bonds is 5. The highest BCUT2D eigenvalue weighted by Crippen LogP contribution is 2.31. The summed E-state index contributed by atoms with van der Waals surface area (Å²) < 4.78 is 7.27. The molecule has 2 atom stereocenters. The van der Waals surface area contributed by atoms with Gasteiger partial charge in [-0.2, -0.15) is 5.10 Å². The van der Waals surface area contributed by atoms with Gasteiger partial charge in [-0.25, -0.2) is 9.67 Å². The normalized spacial score (nSPS) is 22.5. The molecule has 0 radical (unpaired) electrons. The van der Waals surface area contributed by atoms with E-state index in [9.17, 15) is 9.59 Å². The number of carbonyl (C=O) groups excluding carboxylic acids is 2. The van der Waals surface area contributed by atoms with Crippen LogP contribution in [-0.4, -0.2) is 63.8 Å². The van der Waals surface area contributed by atoms with E-state index in [0.29, 0.717) is 26.2 Å². The first-order valence-electron chi connectivity index (χ1n) is 9.59. The second kappa shape index (κ2) is 7.64. The van der Waals surface area contributed by atoms with E-state index in [0.717, 1.165) is 42.5 Å². The topological polar surface area (TPSA) is 89.4 Å². The Kier molecular flexibility index (Phi) is 5.07. The fraction of sp³-hybridized carbons (Fsp3) is 0.579. The van der Waals surface area contributed by atoms with Crippen molar-refractivity contribution in [2.24, 2.45) is 0 Å².